The number of hydrogen-bond acceptors (Lipinski definition) is 7. The minimum atomic E-state index is -0.549. The molecule has 0 heterocycles. The number of carbonyl (C=O) groups is 3. The van der Waals surface area contributed by atoms with Crippen molar-refractivity contribution in [1.29, 1.82) is 0 Å². The molecule has 0 spiro atoms. The molecule has 4 aromatic rings. The van der Waals surface area contributed by atoms with Crippen LogP contribution < -0.4 is 15.4 Å². The average molecular weight is 568 g/mol. The van der Waals surface area contributed by atoms with Gasteiger partial charge < -0.3 is 15.4 Å². The molecular weight excluding hydrogens is 542 g/mol. The number of Topliss-reactive ketones (excluding diaryl/α,β-unsaturated/α-hetero) is 1. The molecular formula is C31H25N3O6S. The summed E-state index contributed by atoms with van der Waals surface area (Å²) in [6.07, 6.45) is 1.55. The molecule has 2 N–H and O–H groups in total. The molecule has 0 aliphatic carbocycles. The van der Waals surface area contributed by atoms with Crippen LogP contribution in [0.25, 0.3) is 6.08 Å². The fraction of sp³-hybridized carbons (Fsp3) is 0.0645. The van der Waals surface area contributed by atoms with Gasteiger partial charge in [0.2, 0.25) is 0 Å². The molecule has 0 bridgehead atoms. The van der Waals surface area contributed by atoms with Gasteiger partial charge in [0.25, 0.3) is 17.5 Å². The first-order valence-corrected chi connectivity index (χ1v) is 13.3. The molecule has 41 heavy (non-hydrogen) atoms. The van der Waals surface area contributed by atoms with Crippen molar-refractivity contribution in [3.8, 4) is 5.75 Å². The van der Waals surface area contributed by atoms with Crippen LogP contribution in [-0.4, -0.2) is 35.4 Å². The van der Waals surface area contributed by atoms with Gasteiger partial charge in [0.1, 0.15) is 11.4 Å². The molecule has 206 valence electrons. The lowest BCUT2D eigenvalue weighted by atomic mass is 10.1. The molecule has 0 atom stereocenters. The quantitative estimate of drug-likeness (QED) is 0.0749. The van der Waals surface area contributed by atoms with Gasteiger partial charge in [-0.25, -0.2) is 0 Å². The molecule has 10 heteroatoms. The summed E-state index contributed by atoms with van der Waals surface area (Å²) >= 11 is 1.23. The molecule has 0 fully saturated rings. The molecule has 9 nitrogen and oxygen atoms in total. The first-order chi connectivity index (χ1) is 19.8. The van der Waals surface area contributed by atoms with E-state index < -0.39 is 16.7 Å². The average Bonchev–Trinajstić information content (AvgIpc) is 3.00. The maximum absolute atomic E-state index is 13.3. The molecule has 0 aromatic heterocycles. The van der Waals surface area contributed by atoms with Crippen LogP contribution in [0.3, 0.4) is 0 Å². The number of ketones is 1. The Morgan fingerprint density at radius 3 is 2.37 bits per heavy atom. The Morgan fingerprint density at radius 2 is 1.61 bits per heavy atom. The number of methoxy groups -OCH3 is 1. The van der Waals surface area contributed by atoms with Gasteiger partial charge >= 0.3 is 0 Å². The van der Waals surface area contributed by atoms with Gasteiger partial charge in [-0.1, -0.05) is 48.5 Å². The summed E-state index contributed by atoms with van der Waals surface area (Å²) in [6.45, 7) is 0. The lowest BCUT2D eigenvalue weighted by Crippen LogP contribution is -2.30. The first-order valence-electron chi connectivity index (χ1n) is 12.4. The van der Waals surface area contributed by atoms with E-state index in [1.165, 1.54) is 43.1 Å². The number of carbonyl (C=O) groups excluding carboxylic acids is 3. The third kappa shape index (κ3) is 8.13. The van der Waals surface area contributed by atoms with Crippen LogP contribution in [0.1, 0.15) is 26.3 Å². The SMILES string of the molecule is COc1cccc(/C=C(\NC(=O)c2ccccc2)C(=O)Nc2cccc(SCC(=O)c3cccc([N+](=O)[O-])c3)c2)c1. The Bertz CT molecular complexity index is 1620. The summed E-state index contributed by atoms with van der Waals surface area (Å²) in [7, 11) is 1.54. The van der Waals surface area contributed by atoms with Crippen LogP contribution in [0.2, 0.25) is 0 Å². The van der Waals surface area contributed by atoms with Gasteiger partial charge in [-0.05, 0) is 54.1 Å². The van der Waals surface area contributed by atoms with Crippen molar-refractivity contribution in [3.05, 3.63) is 136 Å². The molecule has 0 aliphatic heterocycles. The zero-order valence-electron chi connectivity index (χ0n) is 21.9. The van der Waals surface area contributed by atoms with Crippen LogP contribution in [0.4, 0.5) is 11.4 Å². The van der Waals surface area contributed by atoms with E-state index in [9.17, 15) is 24.5 Å². The Balaban J connectivity index is 1.49. The largest absolute Gasteiger partial charge is 0.497 e. The summed E-state index contributed by atoms with van der Waals surface area (Å²) in [4.78, 5) is 50.0. The lowest BCUT2D eigenvalue weighted by Gasteiger charge is -2.12. The highest BCUT2D eigenvalue weighted by Gasteiger charge is 2.16. The number of benzene rings is 4. The van der Waals surface area contributed by atoms with Crippen molar-refractivity contribution < 1.29 is 24.0 Å². The summed E-state index contributed by atoms with van der Waals surface area (Å²) in [6, 6.07) is 28.1. The van der Waals surface area contributed by atoms with Crippen molar-refractivity contribution in [2.75, 3.05) is 18.2 Å². The second kappa shape index (κ2) is 13.7. The molecule has 0 unspecified atom stereocenters. The number of non-ortho nitro benzene ring substituents is 1. The summed E-state index contributed by atoms with van der Waals surface area (Å²) in [5.41, 5.74) is 1.61. The van der Waals surface area contributed by atoms with Crippen LogP contribution in [0.5, 0.6) is 5.75 Å². The van der Waals surface area contributed by atoms with Crippen LogP contribution >= 0.6 is 11.8 Å². The monoisotopic (exact) mass is 567 g/mol. The lowest BCUT2D eigenvalue weighted by molar-refractivity contribution is -0.384. The number of rotatable bonds is 11. The molecule has 0 saturated heterocycles. The molecule has 0 radical (unpaired) electrons. The fourth-order valence-corrected chi connectivity index (χ4v) is 4.58. The zero-order chi connectivity index (χ0) is 29.2. The van der Waals surface area contributed by atoms with Crippen molar-refractivity contribution in [2.45, 2.75) is 4.90 Å². The fourth-order valence-electron chi connectivity index (χ4n) is 3.73. The zero-order valence-corrected chi connectivity index (χ0v) is 22.7. The van der Waals surface area contributed by atoms with Gasteiger partial charge in [0, 0.05) is 33.8 Å². The smallest absolute Gasteiger partial charge is 0.272 e. The number of nitrogens with zero attached hydrogens (tertiary/aromatic N) is 1. The third-order valence-corrected chi connectivity index (χ3v) is 6.77. The normalized spacial score (nSPS) is 10.9. The van der Waals surface area contributed by atoms with Gasteiger partial charge in [-0.15, -0.1) is 11.8 Å². The maximum atomic E-state index is 13.3. The van der Waals surface area contributed by atoms with E-state index in [1.807, 2.05) is 0 Å². The molecule has 0 aliphatic rings. The summed E-state index contributed by atoms with van der Waals surface area (Å²) < 4.78 is 5.27. The van der Waals surface area contributed by atoms with Crippen LogP contribution in [0, 0.1) is 10.1 Å². The molecule has 4 rings (SSSR count). The topological polar surface area (TPSA) is 128 Å². The van der Waals surface area contributed by atoms with Gasteiger partial charge in [-0.3, -0.25) is 24.5 Å². The third-order valence-electron chi connectivity index (χ3n) is 5.77. The van der Waals surface area contributed by atoms with E-state index in [1.54, 1.807) is 84.9 Å². The van der Waals surface area contributed by atoms with Crippen LogP contribution in [0.15, 0.2) is 114 Å². The van der Waals surface area contributed by atoms with Gasteiger partial charge in [-0.2, -0.15) is 0 Å². The van der Waals surface area contributed by atoms with Crippen molar-refractivity contribution in [3.63, 3.8) is 0 Å². The summed E-state index contributed by atoms with van der Waals surface area (Å²) in [5.74, 6) is -0.615. The Morgan fingerprint density at radius 1 is 0.878 bits per heavy atom. The van der Waals surface area contributed by atoms with Gasteiger partial charge in [0.15, 0.2) is 5.78 Å². The second-order valence-electron chi connectivity index (χ2n) is 8.66. The number of nitrogens with one attached hydrogen (secondary N) is 2. The number of thioether (sulfide) groups is 1. The predicted octanol–water partition coefficient (Wildman–Crippen LogP) is 5.99. The van der Waals surface area contributed by atoms with Gasteiger partial charge in [0.05, 0.1) is 17.8 Å². The van der Waals surface area contributed by atoms with Crippen LogP contribution in [-0.2, 0) is 4.79 Å². The number of ether oxygens (including phenoxy) is 1. The van der Waals surface area contributed by atoms with Crippen molar-refractivity contribution in [1.82, 2.24) is 5.32 Å². The standard InChI is InChI=1S/C31H25N3O6S/c1-40-26-14-5-8-21(16-26)17-28(33-30(36)22-9-3-2-4-10-22)31(37)32-24-12-7-15-27(19-24)41-20-29(35)23-11-6-13-25(18-23)34(38)39/h2-19H,20H2,1H3,(H,32,37)(H,33,36)/b28-17-. The molecule has 4 aromatic carbocycles. The van der Waals surface area contributed by atoms with E-state index in [2.05, 4.69) is 10.6 Å². The Labute approximate surface area is 240 Å². The molecule has 0 saturated carbocycles. The first kappa shape index (κ1) is 28.8. The van der Waals surface area contributed by atoms with E-state index in [0.29, 0.717) is 27.5 Å². The highest BCUT2D eigenvalue weighted by Crippen LogP contribution is 2.24. The molecule has 2 amide bonds. The Kier molecular flexibility index (Phi) is 9.63. The Hall–Kier alpha value is -5.22. The van der Waals surface area contributed by atoms with E-state index in [4.69, 9.17) is 4.74 Å². The number of hydrogen-bond donors (Lipinski definition) is 2. The van der Waals surface area contributed by atoms with E-state index >= 15 is 0 Å². The summed E-state index contributed by atoms with van der Waals surface area (Å²) in [5, 5.41) is 16.5. The van der Waals surface area contributed by atoms with E-state index in [-0.39, 0.29) is 28.5 Å². The second-order valence-corrected chi connectivity index (χ2v) is 9.70. The maximum Gasteiger partial charge on any atom is 0.272 e. The predicted molar refractivity (Wildman–Crippen MR) is 158 cm³/mol. The minimum Gasteiger partial charge on any atom is -0.497 e. The van der Waals surface area contributed by atoms with Crippen molar-refractivity contribution in [2.24, 2.45) is 0 Å². The highest BCUT2D eigenvalue weighted by atomic mass is 32.2. The van der Waals surface area contributed by atoms with Crippen molar-refractivity contribution >= 4 is 46.8 Å². The number of nitro benzene ring substituents is 1. The number of amides is 2. The van der Waals surface area contributed by atoms with E-state index in [0.717, 1.165) is 0 Å². The number of anilines is 1. The number of nitro groups is 1. The minimum absolute atomic E-state index is 0.0195. The highest BCUT2D eigenvalue weighted by molar-refractivity contribution is 8.00.